The molecule has 9 heteroatoms. The predicted molar refractivity (Wildman–Crippen MR) is 154 cm³/mol. The number of carbonyl (C=O) groups is 1. The van der Waals surface area contributed by atoms with Crippen LogP contribution in [0.5, 0.6) is 17.4 Å². The second-order valence-electron chi connectivity index (χ2n) is 9.01. The van der Waals surface area contributed by atoms with E-state index in [9.17, 15) is 9.59 Å². The van der Waals surface area contributed by atoms with Crippen LogP contribution in [0.3, 0.4) is 0 Å². The lowest BCUT2D eigenvalue weighted by molar-refractivity contribution is -0.122. The van der Waals surface area contributed by atoms with Crippen LogP contribution < -0.4 is 15.0 Å². The Labute approximate surface area is 229 Å². The minimum absolute atomic E-state index is 0.136. The number of benzene rings is 2. The van der Waals surface area contributed by atoms with E-state index < -0.39 is 0 Å². The van der Waals surface area contributed by atoms with Gasteiger partial charge in [-0.05, 0) is 67.8 Å². The number of nitrogens with zero attached hydrogens (tertiary/aromatic N) is 3. The van der Waals surface area contributed by atoms with Crippen LogP contribution in [0.1, 0.15) is 27.8 Å². The van der Waals surface area contributed by atoms with Gasteiger partial charge in [-0.25, -0.2) is 0 Å². The minimum atomic E-state index is -0.334. The van der Waals surface area contributed by atoms with Crippen molar-refractivity contribution in [1.29, 1.82) is 0 Å². The second-order valence-corrected chi connectivity index (χ2v) is 10.7. The third-order valence-electron chi connectivity index (χ3n) is 6.24. The number of aryl methyl sites for hydroxylation is 3. The maximum absolute atomic E-state index is 13.7. The highest BCUT2D eigenvalue weighted by Gasteiger charge is 2.33. The van der Waals surface area contributed by atoms with Gasteiger partial charge in [-0.2, -0.15) is 4.98 Å². The molecule has 0 N–H and O–H groups in total. The third kappa shape index (κ3) is 4.94. The van der Waals surface area contributed by atoms with Gasteiger partial charge in [-0.1, -0.05) is 59.9 Å². The molecule has 38 heavy (non-hydrogen) atoms. The van der Waals surface area contributed by atoms with Crippen molar-refractivity contribution in [3.8, 4) is 17.4 Å². The summed E-state index contributed by atoms with van der Waals surface area (Å²) < 4.78 is 13.3. The standard InChI is InChI=1S/C29H25N3O4S2/c1-17-7-12-23(19(3)14-17)36-26-22(27(33)31-13-5-6-18(2)25(31)30-26)15-24-28(34)32(29(37)38-24)16-20-8-10-21(35-4)11-9-20/h5-15H,16H2,1-4H3/b24-15+. The molecule has 1 aliphatic rings. The number of methoxy groups -OCH3 is 1. The molecule has 1 amide bonds. The molecule has 192 valence electrons. The zero-order valence-electron chi connectivity index (χ0n) is 21.3. The number of amides is 1. The first-order chi connectivity index (χ1) is 18.2. The van der Waals surface area contributed by atoms with Gasteiger partial charge in [0.1, 0.15) is 27.0 Å². The molecule has 0 radical (unpaired) electrons. The van der Waals surface area contributed by atoms with Crippen molar-refractivity contribution in [1.82, 2.24) is 14.3 Å². The molecule has 0 aliphatic carbocycles. The number of hydrogen-bond donors (Lipinski definition) is 0. The van der Waals surface area contributed by atoms with Gasteiger partial charge in [0.25, 0.3) is 11.5 Å². The van der Waals surface area contributed by atoms with E-state index in [2.05, 4.69) is 0 Å². The Balaban J connectivity index is 1.56. The molecule has 0 atom stereocenters. The normalized spacial score (nSPS) is 14.5. The number of fused-ring (bicyclic) bond motifs is 1. The molecule has 0 spiro atoms. The van der Waals surface area contributed by atoms with Crippen LogP contribution in [-0.2, 0) is 11.3 Å². The van der Waals surface area contributed by atoms with Crippen molar-refractivity contribution >= 4 is 45.9 Å². The summed E-state index contributed by atoms with van der Waals surface area (Å²) in [6.07, 6.45) is 3.20. The van der Waals surface area contributed by atoms with E-state index in [0.29, 0.717) is 27.2 Å². The Hall–Kier alpha value is -3.95. The minimum Gasteiger partial charge on any atom is -0.497 e. The average Bonchev–Trinajstić information content (AvgIpc) is 3.16. The van der Waals surface area contributed by atoms with Crippen LogP contribution in [0.4, 0.5) is 0 Å². The molecule has 3 heterocycles. The fourth-order valence-electron chi connectivity index (χ4n) is 4.19. The van der Waals surface area contributed by atoms with Crippen LogP contribution in [-0.4, -0.2) is 31.6 Å². The molecule has 1 saturated heterocycles. The largest absolute Gasteiger partial charge is 0.497 e. The highest BCUT2D eigenvalue weighted by molar-refractivity contribution is 8.26. The number of ether oxygens (including phenoxy) is 2. The molecule has 0 unspecified atom stereocenters. The maximum Gasteiger partial charge on any atom is 0.269 e. The summed E-state index contributed by atoms with van der Waals surface area (Å²) >= 11 is 6.68. The lowest BCUT2D eigenvalue weighted by atomic mass is 10.1. The molecule has 5 rings (SSSR count). The molecule has 4 aromatic rings. The van der Waals surface area contributed by atoms with Crippen LogP contribution in [0, 0.1) is 20.8 Å². The van der Waals surface area contributed by atoms with E-state index in [-0.39, 0.29) is 22.9 Å². The Morgan fingerprint density at radius 2 is 1.79 bits per heavy atom. The van der Waals surface area contributed by atoms with E-state index in [4.69, 9.17) is 26.7 Å². The van der Waals surface area contributed by atoms with Gasteiger partial charge >= 0.3 is 0 Å². The summed E-state index contributed by atoms with van der Waals surface area (Å²) in [7, 11) is 1.60. The lowest BCUT2D eigenvalue weighted by Crippen LogP contribution is -2.27. The van der Waals surface area contributed by atoms with Crippen molar-refractivity contribution in [3.05, 3.63) is 104 Å². The SMILES string of the molecule is COc1ccc(CN2C(=O)/C(=C\c3c(Oc4ccc(C)cc4C)nc4c(C)cccn4c3=O)SC2=S)cc1. The first kappa shape index (κ1) is 25.7. The van der Waals surface area contributed by atoms with E-state index >= 15 is 0 Å². The molecule has 1 aliphatic heterocycles. The molecular weight excluding hydrogens is 518 g/mol. The van der Waals surface area contributed by atoms with Crippen molar-refractivity contribution in [2.45, 2.75) is 27.3 Å². The Morgan fingerprint density at radius 3 is 2.50 bits per heavy atom. The highest BCUT2D eigenvalue weighted by atomic mass is 32.2. The van der Waals surface area contributed by atoms with Gasteiger partial charge in [0.2, 0.25) is 5.88 Å². The third-order valence-corrected chi connectivity index (χ3v) is 7.61. The predicted octanol–water partition coefficient (Wildman–Crippen LogP) is 5.82. The molecule has 7 nitrogen and oxygen atoms in total. The molecule has 1 fully saturated rings. The van der Waals surface area contributed by atoms with Gasteiger partial charge in [0, 0.05) is 6.20 Å². The van der Waals surface area contributed by atoms with Crippen molar-refractivity contribution in [2.75, 3.05) is 7.11 Å². The van der Waals surface area contributed by atoms with Crippen LogP contribution in [0.2, 0.25) is 0 Å². The first-order valence-electron chi connectivity index (χ1n) is 11.9. The van der Waals surface area contributed by atoms with Crippen LogP contribution >= 0.6 is 24.0 Å². The van der Waals surface area contributed by atoms with Crippen LogP contribution in [0.15, 0.2) is 70.5 Å². The smallest absolute Gasteiger partial charge is 0.269 e. The number of thioether (sulfide) groups is 1. The first-order valence-corrected chi connectivity index (χ1v) is 13.1. The molecule has 0 bridgehead atoms. The highest BCUT2D eigenvalue weighted by Crippen LogP contribution is 2.35. The van der Waals surface area contributed by atoms with Gasteiger partial charge in [0.15, 0.2) is 0 Å². The van der Waals surface area contributed by atoms with Gasteiger partial charge in [0.05, 0.1) is 18.6 Å². The molecular formula is C29H25N3O4S2. The number of thiocarbonyl (C=S) groups is 1. The van der Waals surface area contributed by atoms with E-state index in [0.717, 1.165) is 39.8 Å². The monoisotopic (exact) mass is 543 g/mol. The molecule has 0 saturated carbocycles. The van der Waals surface area contributed by atoms with Gasteiger partial charge < -0.3 is 9.47 Å². The summed E-state index contributed by atoms with van der Waals surface area (Å²) in [5, 5.41) is 0. The fraction of sp³-hybridized carbons (Fsp3) is 0.172. The van der Waals surface area contributed by atoms with E-state index in [1.54, 1.807) is 19.4 Å². The zero-order valence-corrected chi connectivity index (χ0v) is 23.0. The van der Waals surface area contributed by atoms with Crippen molar-refractivity contribution < 1.29 is 14.3 Å². The van der Waals surface area contributed by atoms with E-state index in [1.807, 2.05) is 69.3 Å². The maximum atomic E-state index is 13.7. The number of rotatable bonds is 6. The number of carbonyl (C=O) groups excluding carboxylic acids is 1. The average molecular weight is 544 g/mol. The van der Waals surface area contributed by atoms with Crippen LogP contribution in [0.25, 0.3) is 11.7 Å². The van der Waals surface area contributed by atoms with Crippen molar-refractivity contribution in [2.24, 2.45) is 0 Å². The number of hydrogen-bond acceptors (Lipinski definition) is 7. The Morgan fingerprint density at radius 1 is 1.03 bits per heavy atom. The molecule has 2 aromatic heterocycles. The summed E-state index contributed by atoms with van der Waals surface area (Å²) in [5.74, 6) is 1.18. The van der Waals surface area contributed by atoms with Crippen molar-refractivity contribution in [3.63, 3.8) is 0 Å². The van der Waals surface area contributed by atoms with E-state index in [1.165, 1.54) is 15.4 Å². The number of pyridine rings is 1. The number of aromatic nitrogens is 2. The van der Waals surface area contributed by atoms with Gasteiger partial charge in [-0.15, -0.1) is 0 Å². The zero-order chi connectivity index (χ0) is 27.0. The quantitative estimate of drug-likeness (QED) is 0.224. The lowest BCUT2D eigenvalue weighted by Gasteiger charge is -2.15. The summed E-state index contributed by atoms with van der Waals surface area (Å²) in [6, 6.07) is 16.9. The molecule has 2 aromatic carbocycles. The Bertz CT molecular complexity index is 1680. The summed E-state index contributed by atoms with van der Waals surface area (Å²) in [4.78, 5) is 33.6. The fourth-order valence-corrected chi connectivity index (χ4v) is 5.43. The summed E-state index contributed by atoms with van der Waals surface area (Å²) in [6.45, 7) is 6.13. The Kier molecular flexibility index (Phi) is 7.05. The second kappa shape index (κ2) is 10.4. The topological polar surface area (TPSA) is 73.1 Å². The van der Waals surface area contributed by atoms with Gasteiger partial charge in [-0.3, -0.25) is 18.9 Å². The summed E-state index contributed by atoms with van der Waals surface area (Å²) in [5.41, 5.74) is 4.07.